The number of nitrogens with zero attached hydrogens (tertiary/aromatic N) is 4. The van der Waals surface area contributed by atoms with Gasteiger partial charge in [0.1, 0.15) is 0 Å². The Morgan fingerprint density at radius 2 is 1.86 bits per heavy atom. The minimum Gasteiger partial charge on any atom is -0.322 e. The maximum Gasteiger partial charge on any atom is 0.258 e. The minimum absolute atomic E-state index is 0.0187. The average Bonchev–Trinajstić information content (AvgIpc) is 3.46. The van der Waals surface area contributed by atoms with E-state index in [9.17, 15) is 4.79 Å². The molecule has 1 aliphatic carbocycles. The van der Waals surface area contributed by atoms with Crippen molar-refractivity contribution in [2.45, 2.75) is 64.5 Å². The molecule has 2 fully saturated rings. The maximum atomic E-state index is 13.2. The summed E-state index contributed by atoms with van der Waals surface area (Å²) in [5, 5.41) is 14.0. The normalized spacial score (nSPS) is 19.4. The second-order valence-electron chi connectivity index (χ2n) is 8.82. The lowest BCUT2D eigenvalue weighted by Gasteiger charge is -2.25. The molecule has 2 N–H and O–H groups in total. The Morgan fingerprint density at radius 3 is 2.62 bits per heavy atom. The van der Waals surface area contributed by atoms with Gasteiger partial charge in [0.15, 0.2) is 6.04 Å². The molecule has 1 aliphatic heterocycles. The van der Waals surface area contributed by atoms with Crippen LogP contribution in [0.3, 0.4) is 0 Å². The molecule has 0 radical (unpaired) electrons. The number of H-pyrrole nitrogens is 1. The third-order valence-electron chi connectivity index (χ3n) is 6.73. The predicted octanol–water partition coefficient (Wildman–Crippen LogP) is 2.01. The van der Waals surface area contributed by atoms with E-state index < -0.39 is 0 Å². The standard InChI is InChI=1S/C22H28N6O/c1-14-11-15(2)19-16(12-14)13-18(22(29)23-19)20(27-9-5-6-10-27)21-24-25-26-28(21)17-7-3-4-8-17/h11-13,17,20H,3-10H2,1-2H3,(H,23,29)/p+1/t20-/m1/s1. The number of rotatable bonds is 4. The summed E-state index contributed by atoms with van der Waals surface area (Å²) in [7, 11) is 0. The Kier molecular flexibility index (Phi) is 4.70. The molecule has 1 saturated carbocycles. The molecule has 7 heteroatoms. The SMILES string of the molecule is Cc1cc(C)c2[nH]c(=O)c([C@H](c3nnnn3C3CCCC3)[NH+]3CCCC3)cc2c1. The highest BCUT2D eigenvalue weighted by Gasteiger charge is 2.37. The summed E-state index contributed by atoms with van der Waals surface area (Å²) < 4.78 is 2.02. The molecule has 0 bridgehead atoms. The van der Waals surface area contributed by atoms with Gasteiger partial charge in [-0.1, -0.05) is 24.5 Å². The highest BCUT2D eigenvalue weighted by Crippen LogP contribution is 2.31. The van der Waals surface area contributed by atoms with E-state index in [1.165, 1.54) is 36.1 Å². The lowest BCUT2D eigenvalue weighted by Crippen LogP contribution is -3.10. The van der Waals surface area contributed by atoms with Crippen molar-refractivity contribution in [1.29, 1.82) is 0 Å². The van der Waals surface area contributed by atoms with E-state index in [-0.39, 0.29) is 11.6 Å². The average molecular weight is 394 g/mol. The fraction of sp³-hybridized carbons (Fsp3) is 0.545. The van der Waals surface area contributed by atoms with Crippen molar-refractivity contribution >= 4 is 10.9 Å². The van der Waals surface area contributed by atoms with Crippen molar-refractivity contribution < 1.29 is 4.90 Å². The van der Waals surface area contributed by atoms with Gasteiger partial charge in [-0.25, -0.2) is 4.68 Å². The number of fused-ring (bicyclic) bond motifs is 1. The Hall–Kier alpha value is -2.54. The molecule has 0 amide bonds. The van der Waals surface area contributed by atoms with Crippen molar-refractivity contribution in [3.63, 3.8) is 0 Å². The van der Waals surface area contributed by atoms with Gasteiger partial charge in [0, 0.05) is 12.8 Å². The summed E-state index contributed by atoms with van der Waals surface area (Å²) in [5.41, 5.74) is 4.00. The molecule has 0 spiro atoms. The first-order chi connectivity index (χ1) is 14.1. The summed E-state index contributed by atoms with van der Waals surface area (Å²) in [5.74, 6) is 0.850. The van der Waals surface area contributed by atoms with Crippen LogP contribution in [0.5, 0.6) is 0 Å². The van der Waals surface area contributed by atoms with Gasteiger partial charge in [-0.15, -0.1) is 5.10 Å². The Balaban J connectivity index is 1.68. The number of aromatic amines is 1. The van der Waals surface area contributed by atoms with Crippen molar-refractivity contribution in [1.82, 2.24) is 25.2 Å². The molecule has 5 rings (SSSR count). The van der Waals surface area contributed by atoms with Gasteiger partial charge < -0.3 is 9.88 Å². The summed E-state index contributed by atoms with van der Waals surface area (Å²) in [4.78, 5) is 17.8. The molecule has 152 valence electrons. The van der Waals surface area contributed by atoms with Crippen LogP contribution < -0.4 is 10.5 Å². The molecule has 2 aliphatic rings. The van der Waals surface area contributed by atoms with Crippen LogP contribution in [0.25, 0.3) is 10.9 Å². The van der Waals surface area contributed by atoms with Crippen LogP contribution in [0.2, 0.25) is 0 Å². The van der Waals surface area contributed by atoms with E-state index >= 15 is 0 Å². The summed E-state index contributed by atoms with van der Waals surface area (Å²) in [6.45, 7) is 6.24. The fourth-order valence-corrected chi connectivity index (χ4v) is 5.38. The summed E-state index contributed by atoms with van der Waals surface area (Å²) in [6.07, 6.45) is 7.04. The van der Waals surface area contributed by atoms with Crippen molar-refractivity contribution in [2.75, 3.05) is 13.1 Å². The highest BCUT2D eigenvalue weighted by atomic mass is 16.1. The van der Waals surface area contributed by atoms with Crippen molar-refractivity contribution in [3.8, 4) is 0 Å². The zero-order valence-electron chi connectivity index (χ0n) is 17.2. The van der Waals surface area contributed by atoms with Gasteiger partial charge in [-0.3, -0.25) is 4.79 Å². The molecule has 2 aromatic heterocycles. The maximum absolute atomic E-state index is 13.2. The number of aryl methyl sites for hydroxylation is 2. The number of aromatic nitrogens is 5. The first-order valence-electron chi connectivity index (χ1n) is 10.9. The number of likely N-dealkylation sites (tertiary alicyclic amines) is 1. The number of benzene rings is 1. The van der Waals surface area contributed by atoms with Gasteiger partial charge in [0.25, 0.3) is 5.56 Å². The van der Waals surface area contributed by atoms with Gasteiger partial charge >= 0.3 is 0 Å². The van der Waals surface area contributed by atoms with Crippen molar-refractivity contribution in [2.24, 2.45) is 0 Å². The smallest absolute Gasteiger partial charge is 0.258 e. The summed E-state index contributed by atoms with van der Waals surface area (Å²) in [6, 6.07) is 6.58. The van der Waals surface area contributed by atoms with E-state index in [4.69, 9.17) is 0 Å². The molecule has 1 aromatic carbocycles. The first-order valence-corrected chi connectivity index (χ1v) is 10.9. The summed E-state index contributed by atoms with van der Waals surface area (Å²) >= 11 is 0. The quantitative estimate of drug-likeness (QED) is 0.711. The monoisotopic (exact) mass is 393 g/mol. The van der Waals surface area contributed by atoms with E-state index in [1.54, 1.807) is 0 Å². The van der Waals surface area contributed by atoms with Crippen LogP contribution in [0.15, 0.2) is 23.0 Å². The molecule has 29 heavy (non-hydrogen) atoms. The van der Waals surface area contributed by atoms with E-state index in [1.807, 2.05) is 4.68 Å². The second-order valence-corrected chi connectivity index (χ2v) is 8.82. The number of pyridine rings is 1. The highest BCUT2D eigenvalue weighted by molar-refractivity contribution is 5.83. The Bertz CT molecular complexity index is 1090. The van der Waals surface area contributed by atoms with Gasteiger partial charge in [0.05, 0.1) is 30.2 Å². The lowest BCUT2D eigenvalue weighted by molar-refractivity contribution is -0.914. The lowest BCUT2D eigenvalue weighted by atomic mass is 10.0. The number of nitrogens with one attached hydrogen (secondary N) is 2. The molecule has 7 nitrogen and oxygen atoms in total. The minimum atomic E-state index is -0.123. The van der Waals surface area contributed by atoms with Crippen LogP contribution in [-0.4, -0.2) is 38.3 Å². The molecule has 0 unspecified atom stereocenters. The number of hydrogen-bond acceptors (Lipinski definition) is 4. The van der Waals surface area contributed by atoms with Crippen molar-refractivity contribution in [3.05, 3.63) is 51.1 Å². The van der Waals surface area contributed by atoms with Crippen LogP contribution in [-0.2, 0) is 0 Å². The topological polar surface area (TPSA) is 80.9 Å². The van der Waals surface area contributed by atoms with Crippen LogP contribution in [0.4, 0.5) is 0 Å². The third-order valence-corrected chi connectivity index (χ3v) is 6.73. The van der Waals surface area contributed by atoms with Crippen LogP contribution in [0.1, 0.15) is 73.1 Å². The number of hydrogen-bond donors (Lipinski definition) is 2. The fourth-order valence-electron chi connectivity index (χ4n) is 5.38. The van der Waals surface area contributed by atoms with Crippen LogP contribution >= 0.6 is 0 Å². The molecular formula is C22H29N6O+. The molecule has 3 aromatic rings. The molecule has 1 saturated heterocycles. The van der Waals surface area contributed by atoms with E-state index in [0.717, 1.165) is 53.8 Å². The van der Waals surface area contributed by atoms with E-state index in [2.05, 4.69) is 52.6 Å². The molecular weight excluding hydrogens is 364 g/mol. The Labute approximate surface area is 170 Å². The van der Waals surface area contributed by atoms with E-state index in [0.29, 0.717) is 6.04 Å². The second kappa shape index (κ2) is 7.37. The molecule has 3 heterocycles. The zero-order chi connectivity index (χ0) is 20.0. The zero-order valence-corrected chi connectivity index (χ0v) is 17.2. The number of tetrazole rings is 1. The first kappa shape index (κ1) is 18.5. The number of quaternary nitrogens is 1. The largest absolute Gasteiger partial charge is 0.322 e. The van der Waals surface area contributed by atoms with Gasteiger partial charge in [-0.05, 0) is 60.2 Å². The van der Waals surface area contributed by atoms with Gasteiger partial charge in [0.2, 0.25) is 5.82 Å². The third kappa shape index (κ3) is 3.27. The Morgan fingerprint density at radius 1 is 1.10 bits per heavy atom. The van der Waals surface area contributed by atoms with Crippen LogP contribution in [0, 0.1) is 13.8 Å². The predicted molar refractivity (Wildman–Crippen MR) is 111 cm³/mol. The van der Waals surface area contributed by atoms with Gasteiger partial charge in [-0.2, -0.15) is 0 Å². The molecule has 1 atom stereocenters.